The van der Waals surface area contributed by atoms with E-state index in [-0.39, 0.29) is 0 Å². The van der Waals surface area contributed by atoms with Crippen LogP contribution in [0.25, 0.3) is 0 Å². The quantitative estimate of drug-likeness (QED) is 0.631. The third-order valence-electron chi connectivity index (χ3n) is 4.78. The van der Waals surface area contributed by atoms with Crippen LogP contribution < -0.4 is 14.6 Å². The molecule has 0 saturated carbocycles. The highest BCUT2D eigenvalue weighted by Gasteiger charge is 2.41. The Bertz CT molecular complexity index is 793. The summed E-state index contributed by atoms with van der Waals surface area (Å²) in [7, 11) is -0.648. The van der Waals surface area contributed by atoms with Crippen LogP contribution in [0, 0.1) is 0 Å². The second-order valence-electron chi connectivity index (χ2n) is 6.61. The van der Waals surface area contributed by atoms with Gasteiger partial charge in [0.1, 0.15) is 11.5 Å². The van der Waals surface area contributed by atoms with Gasteiger partial charge < -0.3 is 9.47 Å². The third-order valence-corrected chi connectivity index (χ3v) is 6.48. The van der Waals surface area contributed by atoms with E-state index in [4.69, 9.17) is 14.6 Å². The molecule has 2 aromatic carbocycles. The van der Waals surface area contributed by atoms with Crippen molar-refractivity contribution in [2.75, 3.05) is 14.2 Å². The van der Waals surface area contributed by atoms with Crippen molar-refractivity contribution in [2.45, 2.75) is 30.4 Å². The van der Waals surface area contributed by atoms with Crippen LogP contribution in [0.15, 0.2) is 61.2 Å². The Morgan fingerprint density at radius 3 is 1.63 bits per heavy atom. The molecule has 0 bridgehead atoms. The Balaban J connectivity index is 2.41. The first kappa shape index (κ1) is 21.0. The maximum Gasteiger partial charge on any atom is 0.215 e. The fourth-order valence-corrected chi connectivity index (χ4v) is 4.32. The Morgan fingerprint density at radius 1 is 0.926 bits per heavy atom. The van der Waals surface area contributed by atoms with Crippen LogP contribution in [0.2, 0.25) is 0 Å². The van der Waals surface area contributed by atoms with Gasteiger partial charge in [0.25, 0.3) is 0 Å². The van der Waals surface area contributed by atoms with Gasteiger partial charge in [-0.05, 0) is 61.1 Å². The lowest BCUT2D eigenvalue weighted by Gasteiger charge is -2.32. The molecule has 0 unspecified atom stereocenters. The average molecular weight is 390 g/mol. The summed E-state index contributed by atoms with van der Waals surface area (Å²) in [6.45, 7) is 3.74. The zero-order valence-corrected chi connectivity index (χ0v) is 16.7. The predicted octanol–water partition coefficient (Wildman–Crippen LogP) is 3.48. The fraction of sp³-hybridized carbons (Fsp3) is 0.333. The molecule has 0 aliphatic carbocycles. The van der Waals surface area contributed by atoms with Crippen LogP contribution in [0.5, 0.6) is 11.5 Å². The zero-order chi connectivity index (χ0) is 19.9. The molecule has 2 N–H and O–H groups in total. The molecule has 2 rings (SSSR count). The first-order valence-electron chi connectivity index (χ1n) is 8.72. The van der Waals surface area contributed by atoms with Crippen molar-refractivity contribution in [1.82, 2.24) is 0 Å². The smallest absolute Gasteiger partial charge is 0.215 e. The number of sulfonamides is 1. The van der Waals surface area contributed by atoms with Gasteiger partial charge in [0, 0.05) is 0 Å². The minimum atomic E-state index is -3.84. The van der Waals surface area contributed by atoms with Gasteiger partial charge in [-0.1, -0.05) is 30.3 Å². The second kappa shape index (κ2) is 9.06. The molecule has 6 heteroatoms. The van der Waals surface area contributed by atoms with Gasteiger partial charge in [0.05, 0.1) is 19.0 Å². The number of ether oxygens (including phenoxy) is 2. The van der Waals surface area contributed by atoms with Gasteiger partial charge in [0.2, 0.25) is 10.0 Å². The van der Waals surface area contributed by atoms with Gasteiger partial charge in [-0.15, -0.1) is 6.58 Å². The minimum Gasteiger partial charge on any atom is -0.497 e. The van der Waals surface area contributed by atoms with Crippen molar-refractivity contribution in [3.05, 3.63) is 72.3 Å². The summed E-state index contributed by atoms with van der Waals surface area (Å²) in [4.78, 5) is 0. The van der Waals surface area contributed by atoms with Crippen molar-refractivity contribution >= 4 is 10.0 Å². The molecule has 0 saturated heterocycles. The standard InChI is InChI=1S/C21H27NO4S/c1-4-5-14-21(27(22,23)24,15-17-6-10-19(25-2)11-7-17)16-18-8-12-20(26-3)13-9-18/h4,6-13H,1,5,14-16H2,2-3H3,(H2,22,23,24). The van der Waals surface area contributed by atoms with Crippen molar-refractivity contribution < 1.29 is 17.9 Å². The van der Waals surface area contributed by atoms with Crippen LogP contribution in [0.3, 0.4) is 0 Å². The van der Waals surface area contributed by atoms with Crippen LogP contribution in [0.4, 0.5) is 0 Å². The highest BCUT2D eigenvalue weighted by Crippen LogP contribution is 2.32. The first-order valence-corrected chi connectivity index (χ1v) is 10.3. The van der Waals surface area contributed by atoms with Crippen LogP contribution in [-0.2, 0) is 22.9 Å². The number of methoxy groups -OCH3 is 2. The maximum absolute atomic E-state index is 12.7. The van der Waals surface area contributed by atoms with Crippen molar-refractivity contribution in [3.8, 4) is 11.5 Å². The third kappa shape index (κ3) is 5.34. The molecule has 0 aliphatic rings. The Labute approximate surface area is 161 Å². The zero-order valence-electron chi connectivity index (χ0n) is 15.9. The number of rotatable bonds is 10. The molecule has 0 spiro atoms. The largest absolute Gasteiger partial charge is 0.497 e. The number of hydrogen-bond donors (Lipinski definition) is 1. The summed E-state index contributed by atoms with van der Waals surface area (Å²) in [5.41, 5.74) is 1.78. The minimum absolute atomic E-state index is 0.315. The number of allylic oxidation sites excluding steroid dienone is 1. The Hall–Kier alpha value is -2.31. The lowest BCUT2D eigenvalue weighted by Crippen LogP contribution is -2.47. The van der Waals surface area contributed by atoms with E-state index in [9.17, 15) is 8.42 Å². The van der Waals surface area contributed by atoms with Crippen molar-refractivity contribution in [1.29, 1.82) is 0 Å². The SMILES string of the molecule is C=CCCC(Cc1ccc(OC)cc1)(Cc1ccc(OC)cc1)S(N)(=O)=O. The molecule has 0 atom stereocenters. The summed E-state index contributed by atoms with van der Waals surface area (Å²) in [6, 6.07) is 14.8. The molecule has 0 fully saturated rings. The van der Waals surface area contributed by atoms with E-state index in [0.717, 1.165) is 22.6 Å². The molecule has 5 nitrogen and oxygen atoms in total. The number of hydrogen-bond acceptors (Lipinski definition) is 4. The summed E-state index contributed by atoms with van der Waals surface area (Å²) >= 11 is 0. The molecule has 0 heterocycles. The lowest BCUT2D eigenvalue weighted by molar-refractivity contribution is 0.414. The molecule has 27 heavy (non-hydrogen) atoms. The van der Waals surface area contributed by atoms with E-state index in [2.05, 4.69) is 6.58 Å². The highest BCUT2D eigenvalue weighted by atomic mass is 32.2. The van der Waals surface area contributed by atoms with Gasteiger partial charge >= 0.3 is 0 Å². The van der Waals surface area contributed by atoms with Gasteiger partial charge in [-0.25, -0.2) is 13.6 Å². The molecule has 0 radical (unpaired) electrons. The molecule has 2 aromatic rings. The van der Waals surface area contributed by atoms with Crippen molar-refractivity contribution in [3.63, 3.8) is 0 Å². The average Bonchev–Trinajstić information content (AvgIpc) is 2.66. The van der Waals surface area contributed by atoms with Gasteiger partial charge in [-0.2, -0.15) is 0 Å². The lowest BCUT2D eigenvalue weighted by atomic mass is 9.87. The normalized spacial score (nSPS) is 11.8. The Morgan fingerprint density at radius 2 is 1.33 bits per heavy atom. The van der Waals surface area contributed by atoms with E-state index in [1.54, 1.807) is 20.3 Å². The molecule has 0 amide bonds. The predicted molar refractivity (Wildman–Crippen MR) is 109 cm³/mol. The molecular weight excluding hydrogens is 362 g/mol. The highest BCUT2D eigenvalue weighted by molar-refractivity contribution is 7.90. The molecule has 146 valence electrons. The number of benzene rings is 2. The van der Waals surface area contributed by atoms with Crippen LogP contribution in [0.1, 0.15) is 24.0 Å². The van der Waals surface area contributed by atoms with Crippen LogP contribution in [-0.4, -0.2) is 27.4 Å². The maximum atomic E-state index is 12.7. The first-order chi connectivity index (χ1) is 12.8. The summed E-state index contributed by atoms with van der Waals surface area (Å²) in [5.74, 6) is 1.45. The summed E-state index contributed by atoms with van der Waals surface area (Å²) in [6.07, 6.45) is 3.31. The number of primary sulfonamides is 1. The fourth-order valence-electron chi connectivity index (χ4n) is 3.18. The topological polar surface area (TPSA) is 78.6 Å². The van der Waals surface area contributed by atoms with E-state index in [1.165, 1.54) is 0 Å². The van der Waals surface area contributed by atoms with Crippen LogP contribution >= 0.6 is 0 Å². The van der Waals surface area contributed by atoms with E-state index in [1.807, 2.05) is 48.5 Å². The monoisotopic (exact) mass is 389 g/mol. The van der Waals surface area contributed by atoms with Gasteiger partial charge in [-0.3, -0.25) is 0 Å². The number of nitrogens with two attached hydrogens (primary N) is 1. The molecular formula is C21H27NO4S. The molecule has 0 aliphatic heterocycles. The van der Waals surface area contributed by atoms with E-state index in [0.29, 0.717) is 25.7 Å². The van der Waals surface area contributed by atoms with Crippen molar-refractivity contribution in [2.24, 2.45) is 5.14 Å². The molecule has 0 aromatic heterocycles. The van der Waals surface area contributed by atoms with E-state index >= 15 is 0 Å². The van der Waals surface area contributed by atoms with Gasteiger partial charge in [0.15, 0.2) is 0 Å². The summed E-state index contributed by atoms with van der Waals surface area (Å²) in [5, 5.41) is 5.75. The van der Waals surface area contributed by atoms with E-state index < -0.39 is 14.8 Å². The Kier molecular flexibility index (Phi) is 7.05. The summed E-state index contributed by atoms with van der Waals surface area (Å²) < 4.78 is 34.7. The second-order valence-corrected chi connectivity index (χ2v) is 8.56.